The zero-order chi connectivity index (χ0) is 19.9. The van der Waals surface area contributed by atoms with Crippen LogP contribution in [0.25, 0.3) is 11.0 Å². The number of halogens is 1. The van der Waals surface area contributed by atoms with Crippen LogP contribution in [0.2, 0.25) is 0 Å². The van der Waals surface area contributed by atoms with Crippen LogP contribution in [-0.4, -0.2) is 63.6 Å². The predicted octanol–water partition coefficient (Wildman–Crippen LogP) is 2.31. The molecular formula is C17H15BrN4O4S2. The molecule has 0 aliphatic carbocycles. The Labute approximate surface area is 173 Å². The van der Waals surface area contributed by atoms with Gasteiger partial charge in [-0.25, -0.2) is 8.42 Å². The summed E-state index contributed by atoms with van der Waals surface area (Å²) in [5.41, 5.74) is 1.10. The van der Waals surface area contributed by atoms with Crippen molar-refractivity contribution >= 4 is 54.6 Å². The maximum atomic E-state index is 13.1. The fraction of sp³-hybridized carbons (Fsp3) is 0.235. The molecule has 0 saturated carbocycles. The van der Waals surface area contributed by atoms with Gasteiger partial charge in [-0.3, -0.25) is 4.79 Å². The second-order valence-electron chi connectivity index (χ2n) is 6.25. The van der Waals surface area contributed by atoms with E-state index in [9.17, 15) is 18.3 Å². The van der Waals surface area contributed by atoms with E-state index in [1.807, 2.05) is 0 Å². The molecule has 0 bridgehead atoms. The number of carbonyl (C=O) groups excluding carboxylic acids is 1. The van der Waals surface area contributed by atoms with Gasteiger partial charge in [-0.2, -0.15) is 13.1 Å². The van der Waals surface area contributed by atoms with E-state index < -0.39 is 10.0 Å². The first-order valence-corrected chi connectivity index (χ1v) is 11.3. The number of amides is 1. The number of phenols is 1. The van der Waals surface area contributed by atoms with Gasteiger partial charge < -0.3 is 10.0 Å². The summed E-state index contributed by atoms with van der Waals surface area (Å²) in [6, 6.07) is 9.53. The van der Waals surface area contributed by atoms with Crippen LogP contribution in [0.1, 0.15) is 10.4 Å². The number of rotatable bonds is 3. The number of aromatic nitrogens is 2. The monoisotopic (exact) mass is 482 g/mol. The number of piperazine rings is 1. The molecule has 3 aromatic rings. The first-order chi connectivity index (χ1) is 13.4. The van der Waals surface area contributed by atoms with Crippen LogP contribution in [-0.2, 0) is 10.0 Å². The lowest BCUT2D eigenvalue weighted by atomic mass is 10.1. The third-order valence-corrected chi connectivity index (χ3v) is 7.55. The number of hydrogen-bond acceptors (Lipinski definition) is 7. The van der Waals surface area contributed by atoms with Gasteiger partial charge in [0, 0.05) is 30.7 Å². The van der Waals surface area contributed by atoms with Crippen LogP contribution in [0, 0.1) is 0 Å². The number of benzene rings is 2. The average Bonchev–Trinajstić information content (AvgIpc) is 3.18. The molecule has 1 amide bonds. The highest BCUT2D eigenvalue weighted by atomic mass is 79.9. The van der Waals surface area contributed by atoms with Crippen molar-refractivity contribution in [1.82, 2.24) is 18.0 Å². The Morgan fingerprint density at radius 1 is 1.11 bits per heavy atom. The van der Waals surface area contributed by atoms with Gasteiger partial charge in [0.25, 0.3) is 5.91 Å². The van der Waals surface area contributed by atoms with E-state index in [-0.39, 0.29) is 48.3 Å². The summed E-state index contributed by atoms with van der Waals surface area (Å²) in [4.78, 5) is 14.4. The zero-order valence-electron chi connectivity index (χ0n) is 14.4. The third kappa shape index (κ3) is 3.39. The van der Waals surface area contributed by atoms with Gasteiger partial charge in [-0.05, 0) is 30.3 Å². The third-order valence-electron chi connectivity index (χ3n) is 4.58. The van der Waals surface area contributed by atoms with Gasteiger partial charge in [-0.15, -0.1) is 0 Å². The molecule has 1 aliphatic heterocycles. The summed E-state index contributed by atoms with van der Waals surface area (Å²) >= 11 is 4.26. The number of fused-ring (bicyclic) bond motifs is 1. The van der Waals surface area contributed by atoms with Gasteiger partial charge in [0.05, 0.1) is 17.3 Å². The van der Waals surface area contributed by atoms with Crippen molar-refractivity contribution < 1.29 is 18.3 Å². The molecule has 11 heteroatoms. The molecule has 28 heavy (non-hydrogen) atoms. The second kappa shape index (κ2) is 7.39. The van der Waals surface area contributed by atoms with Crippen molar-refractivity contribution in [2.45, 2.75) is 4.90 Å². The van der Waals surface area contributed by atoms with Crippen LogP contribution < -0.4 is 0 Å². The molecule has 0 radical (unpaired) electrons. The Morgan fingerprint density at radius 2 is 1.86 bits per heavy atom. The van der Waals surface area contributed by atoms with Gasteiger partial charge in [0.15, 0.2) is 0 Å². The maximum absolute atomic E-state index is 13.1. The fourth-order valence-electron chi connectivity index (χ4n) is 3.11. The van der Waals surface area contributed by atoms with Gasteiger partial charge in [0.1, 0.15) is 21.7 Å². The molecule has 1 saturated heterocycles. The van der Waals surface area contributed by atoms with E-state index in [2.05, 4.69) is 24.7 Å². The lowest BCUT2D eigenvalue weighted by molar-refractivity contribution is 0.0695. The Kier molecular flexibility index (Phi) is 5.08. The molecule has 0 spiro atoms. The number of carbonyl (C=O) groups is 1. The van der Waals surface area contributed by atoms with E-state index in [0.29, 0.717) is 15.5 Å². The van der Waals surface area contributed by atoms with Crippen LogP contribution in [0.4, 0.5) is 0 Å². The van der Waals surface area contributed by atoms with Crippen molar-refractivity contribution in [3.63, 3.8) is 0 Å². The van der Waals surface area contributed by atoms with E-state index in [1.165, 1.54) is 16.4 Å². The molecule has 4 rings (SSSR count). The van der Waals surface area contributed by atoms with Crippen molar-refractivity contribution in [3.8, 4) is 5.75 Å². The highest BCUT2D eigenvalue weighted by Crippen LogP contribution is 2.27. The molecule has 0 atom stereocenters. The molecule has 1 aromatic heterocycles. The SMILES string of the molecule is O=C(c1cc(Br)ccc1O)N1CCN(S(=O)(=O)c2cccc3nsnc23)CC1. The van der Waals surface area contributed by atoms with Gasteiger partial charge in [0.2, 0.25) is 10.0 Å². The number of hydrogen-bond donors (Lipinski definition) is 1. The van der Waals surface area contributed by atoms with Crippen molar-refractivity contribution in [2.24, 2.45) is 0 Å². The van der Waals surface area contributed by atoms with E-state index in [4.69, 9.17) is 0 Å². The largest absolute Gasteiger partial charge is 0.507 e. The summed E-state index contributed by atoms with van der Waals surface area (Å²) in [5.74, 6) is -0.437. The number of phenolic OH excluding ortho intramolecular Hbond substituents is 1. The minimum atomic E-state index is -3.74. The number of nitrogens with zero attached hydrogens (tertiary/aromatic N) is 4. The highest BCUT2D eigenvalue weighted by Gasteiger charge is 2.32. The first kappa shape index (κ1) is 19.2. The van der Waals surface area contributed by atoms with Crippen molar-refractivity contribution in [3.05, 3.63) is 46.4 Å². The van der Waals surface area contributed by atoms with Crippen molar-refractivity contribution in [1.29, 1.82) is 0 Å². The zero-order valence-corrected chi connectivity index (χ0v) is 17.7. The van der Waals surface area contributed by atoms with Crippen molar-refractivity contribution in [2.75, 3.05) is 26.2 Å². The standard InChI is InChI=1S/C17H15BrN4O4S2/c18-11-4-5-14(23)12(10-11)17(24)21-6-8-22(9-7-21)28(25,26)15-3-1-2-13-16(15)20-27-19-13/h1-5,10,23H,6-9H2. The van der Waals surface area contributed by atoms with Crippen LogP contribution in [0.15, 0.2) is 45.8 Å². The topological polar surface area (TPSA) is 104 Å². The molecule has 8 nitrogen and oxygen atoms in total. The summed E-state index contributed by atoms with van der Waals surface area (Å²) in [6.45, 7) is 0.790. The maximum Gasteiger partial charge on any atom is 0.257 e. The number of sulfonamides is 1. The van der Waals surface area contributed by atoms with E-state index in [0.717, 1.165) is 11.7 Å². The molecule has 1 fully saturated rings. The van der Waals surface area contributed by atoms with E-state index in [1.54, 1.807) is 29.2 Å². The number of aromatic hydroxyl groups is 1. The minimum absolute atomic E-state index is 0.106. The van der Waals surface area contributed by atoms with Gasteiger partial charge >= 0.3 is 0 Å². The van der Waals surface area contributed by atoms with Crippen LogP contribution in [0.5, 0.6) is 5.75 Å². The minimum Gasteiger partial charge on any atom is -0.507 e. The predicted molar refractivity (Wildman–Crippen MR) is 108 cm³/mol. The molecule has 1 aliphatic rings. The molecule has 2 aromatic carbocycles. The summed E-state index contributed by atoms with van der Waals surface area (Å²) in [7, 11) is -3.74. The lowest BCUT2D eigenvalue weighted by Gasteiger charge is -2.34. The van der Waals surface area contributed by atoms with Crippen LogP contribution in [0.3, 0.4) is 0 Å². The summed E-state index contributed by atoms with van der Waals surface area (Å²) < 4.78 is 36.3. The normalized spacial score (nSPS) is 15.8. The van der Waals surface area contributed by atoms with Crippen LogP contribution >= 0.6 is 27.7 Å². The highest BCUT2D eigenvalue weighted by molar-refractivity contribution is 9.10. The second-order valence-corrected chi connectivity index (χ2v) is 9.60. The molecule has 146 valence electrons. The first-order valence-electron chi connectivity index (χ1n) is 8.37. The van der Waals surface area contributed by atoms with E-state index >= 15 is 0 Å². The molecule has 0 unspecified atom stereocenters. The summed E-state index contributed by atoms with van der Waals surface area (Å²) in [6.07, 6.45) is 0. The Morgan fingerprint density at radius 3 is 2.61 bits per heavy atom. The Hall–Kier alpha value is -2.08. The quantitative estimate of drug-likeness (QED) is 0.614. The molecule has 1 N–H and O–H groups in total. The summed E-state index contributed by atoms with van der Waals surface area (Å²) in [5, 5.41) is 9.96. The fourth-order valence-corrected chi connectivity index (χ4v) is 5.65. The Balaban J connectivity index is 1.53. The smallest absolute Gasteiger partial charge is 0.257 e. The molecular weight excluding hydrogens is 468 g/mol. The van der Waals surface area contributed by atoms with Gasteiger partial charge in [-0.1, -0.05) is 22.0 Å². The molecule has 2 heterocycles. The lowest BCUT2D eigenvalue weighted by Crippen LogP contribution is -2.50. The average molecular weight is 483 g/mol. The Bertz CT molecular complexity index is 1160.